The third kappa shape index (κ3) is 2.08. The third-order valence-corrected chi connectivity index (χ3v) is 5.70. The van der Waals surface area contributed by atoms with E-state index >= 15 is 0 Å². The van der Waals surface area contributed by atoms with Crippen LogP contribution in [-0.2, 0) is 4.79 Å². The van der Waals surface area contributed by atoms with Gasteiger partial charge in [-0.25, -0.2) is 0 Å². The number of hydrogen-bond donors (Lipinski definition) is 1. The lowest BCUT2D eigenvalue weighted by Gasteiger charge is -2.48. The molecular weight excluding hydrogens is 222 g/mol. The highest BCUT2D eigenvalue weighted by Crippen LogP contribution is 2.61. The fourth-order valence-corrected chi connectivity index (χ4v) is 4.19. The Balaban J connectivity index is 2.10. The maximum Gasteiger partial charge on any atom is 0.220 e. The summed E-state index contributed by atoms with van der Waals surface area (Å²) in [6.45, 7) is 13.3. The minimum atomic E-state index is -0.00174. The molecule has 0 unspecified atom stereocenters. The maximum absolute atomic E-state index is 12.3. The van der Waals surface area contributed by atoms with Crippen molar-refractivity contribution in [3.63, 3.8) is 0 Å². The van der Waals surface area contributed by atoms with Crippen molar-refractivity contribution in [2.24, 2.45) is 22.7 Å². The van der Waals surface area contributed by atoms with E-state index in [9.17, 15) is 4.79 Å². The highest BCUT2D eigenvalue weighted by atomic mass is 16.1. The molecule has 1 amide bonds. The summed E-state index contributed by atoms with van der Waals surface area (Å²) in [4.78, 5) is 12.3. The molecular formula is C16H29NO. The van der Waals surface area contributed by atoms with Crippen LogP contribution in [0.3, 0.4) is 0 Å². The molecule has 2 aliphatic rings. The predicted octanol–water partition coefficient (Wildman–Crippen LogP) is 3.75. The first-order valence-corrected chi connectivity index (χ1v) is 7.37. The smallest absolute Gasteiger partial charge is 0.220 e. The van der Waals surface area contributed by atoms with E-state index in [1.165, 1.54) is 19.3 Å². The molecule has 0 aromatic carbocycles. The Kier molecular flexibility index (Phi) is 3.07. The first kappa shape index (κ1) is 13.9. The topological polar surface area (TPSA) is 29.1 Å². The molecule has 0 aliphatic heterocycles. The first-order chi connectivity index (χ1) is 8.06. The highest BCUT2D eigenvalue weighted by molar-refractivity contribution is 5.77. The molecule has 0 heterocycles. The van der Waals surface area contributed by atoms with E-state index in [0.29, 0.717) is 12.3 Å². The average molecular weight is 251 g/mol. The maximum atomic E-state index is 12.3. The fourth-order valence-electron chi connectivity index (χ4n) is 4.19. The zero-order chi connectivity index (χ0) is 13.8. The molecule has 1 N–H and O–H groups in total. The van der Waals surface area contributed by atoms with Gasteiger partial charge in [-0.3, -0.25) is 4.79 Å². The van der Waals surface area contributed by atoms with Crippen molar-refractivity contribution >= 4 is 5.91 Å². The van der Waals surface area contributed by atoms with Crippen molar-refractivity contribution in [2.75, 3.05) is 0 Å². The quantitative estimate of drug-likeness (QED) is 0.795. The Morgan fingerprint density at radius 1 is 1.17 bits per heavy atom. The standard InChI is InChI=1S/C16H29NO/c1-14(2,3)10-13(18)17-16(6)12-8-7-11(9-12)15(16,4)5/h11-12H,7-10H2,1-6H3,(H,17,18)/t11-,12-,16+/m0/s1. The van der Waals surface area contributed by atoms with Crippen molar-refractivity contribution in [1.82, 2.24) is 5.32 Å². The average Bonchev–Trinajstić information content (AvgIpc) is 2.66. The number of hydrogen-bond acceptors (Lipinski definition) is 1. The molecule has 0 saturated heterocycles. The molecule has 3 atom stereocenters. The Labute approximate surface area is 112 Å². The SMILES string of the molecule is CC(C)(C)CC(=O)N[C@]1(C)[C@H]2CC[C@@H](C2)C1(C)C. The molecule has 0 spiro atoms. The lowest BCUT2D eigenvalue weighted by atomic mass is 9.64. The minimum absolute atomic E-state index is 0.00174. The van der Waals surface area contributed by atoms with Gasteiger partial charge in [0.1, 0.15) is 0 Å². The summed E-state index contributed by atoms with van der Waals surface area (Å²) in [5.74, 6) is 1.70. The van der Waals surface area contributed by atoms with Crippen LogP contribution < -0.4 is 5.32 Å². The summed E-state index contributed by atoms with van der Waals surface area (Å²) >= 11 is 0. The van der Waals surface area contributed by atoms with Gasteiger partial charge in [0.15, 0.2) is 0 Å². The molecule has 0 aromatic heterocycles. The van der Waals surface area contributed by atoms with E-state index in [0.717, 1.165) is 5.92 Å². The van der Waals surface area contributed by atoms with Crippen molar-refractivity contribution < 1.29 is 4.79 Å². The summed E-state index contributed by atoms with van der Waals surface area (Å²) < 4.78 is 0. The van der Waals surface area contributed by atoms with Crippen molar-refractivity contribution in [3.8, 4) is 0 Å². The van der Waals surface area contributed by atoms with Crippen LogP contribution in [0, 0.1) is 22.7 Å². The number of fused-ring (bicyclic) bond motifs is 2. The molecule has 2 saturated carbocycles. The van der Waals surface area contributed by atoms with Crippen LogP contribution in [0.1, 0.15) is 67.2 Å². The molecule has 2 bridgehead atoms. The van der Waals surface area contributed by atoms with Crippen LogP contribution >= 0.6 is 0 Å². The Morgan fingerprint density at radius 2 is 1.72 bits per heavy atom. The lowest BCUT2D eigenvalue weighted by Crippen LogP contribution is -2.59. The monoisotopic (exact) mass is 251 g/mol. The summed E-state index contributed by atoms with van der Waals surface area (Å²) in [6.07, 6.45) is 4.57. The lowest BCUT2D eigenvalue weighted by molar-refractivity contribution is -0.127. The molecule has 0 radical (unpaired) electrons. The van der Waals surface area contributed by atoms with E-state index in [1.807, 2.05) is 0 Å². The largest absolute Gasteiger partial charge is 0.350 e. The van der Waals surface area contributed by atoms with Gasteiger partial charge >= 0.3 is 0 Å². The summed E-state index contributed by atoms with van der Waals surface area (Å²) in [5.41, 5.74) is 0.309. The molecule has 2 fully saturated rings. The van der Waals surface area contributed by atoms with Gasteiger partial charge < -0.3 is 5.32 Å². The van der Waals surface area contributed by atoms with Gasteiger partial charge in [0.25, 0.3) is 0 Å². The van der Waals surface area contributed by atoms with Gasteiger partial charge in [0.05, 0.1) is 0 Å². The van der Waals surface area contributed by atoms with Crippen LogP contribution in [0.5, 0.6) is 0 Å². The zero-order valence-electron chi connectivity index (χ0n) is 12.9. The summed E-state index contributed by atoms with van der Waals surface area (Å²) in [5, 5.41) is 3.39. The second-order valence-electron chi connectivity index (χ2n) is 8.42. The number of amides is 1. The van der Waals surface area contributed by atoms with Gasteiger partial charge in [-0.1, -0.05) is 34.6 Å². The van der Waals surface area contributed by atoms with Crippen LogP contribution in [0.2, 0.25) is 0 Å². The van der Waals surface area contributed by atoms with E-state index in [2.05, 4.69) is 46.9 Å². The normalized spacial score (nSPS) is 37.9. The molecule has 2 nitrogen and oxygen atoms in total. The van der Waals surface area contributed by atoms with Gasteiger partial charge in [0.2, 0.25) is 5.91 Å². The van der Waals surface area contributed by atoms with Gasteiger partial charge in [-0.2, -0.15) is 0 Å². The van der Waals surface area contributed by atoms with Crippen LogP contribution in [-0.4, -0.2) is 11.4 Å². The van der Waals surface area contributed by atoms with Crippen molar-refractivity contribution in [3.05, 3.63) is 0 Å². The van der Waals surface area contributed by atoms with Crippen LogP contribution in [0.15, 0.2) is 0 Å². The highest BCUT2D eigenvalue weighted by Gasteiger charge is 2.60. The van der Waals surface area contributed by atoms with Crippen LogP contribution in [0.4, 0.5) is 0 Å². The molecule has 104 valence electrons. The van der Waals surface area contributed by atoms with E-state index in [1.54, 1.807) is 0 Å². The van der Waals surface area contributed by atoms with Crippen LogP contribution in [0.25, 0.3) is 0 Å². The van der Waals surface area contributed by atoms with Gasteiger partial charge in [0, 0.05) is 12.0 Å². The van der Waals surface area contributed by atoms with E-state index in [-0.39, 0.29) is 22.3 Å². The Hall–Kier alpha value is -0.530. The fraction of sp³-hybridized carbons (Fsp3) is 0.938. The van der Waals surface area contributed by atoms with E-state index < -0.39 is 0 Å². The molecule has 0 aromatic rings. The summed E-state index contributed by atoms with van der Waals surface area (Å²) in [7, 11) is 0. The number of rotatable bonds is 2. The number of nitrogens with one attached hydrogen (secondary N) is 1. The van der Waals surface area contributed by atoms with Crippen molar-refractivity contribution in [2.45, 2.75) is 72.8 Å². The number of carbonyl (C=O) groups excluding carboxylic acids is 1. The predicted molar refractivity (Wildman–Crippen MR) is 75.2 cm³/mol. The molecule has 18 heavy (non-hydrogen) atoms. The van der Waals surface area contributed by atoms with Gasteiger partial charge in [-0.05, 0) is 48.9 Å². The molecule has 2 rings (SSSR count). The third-order valence-electron chi connectivity index (χ3n) is 5.70. The minimum Gasteiger partial charge on any atom is -0.350 e. The number of carbonyl (C=O) groups is 1. The Bertz CT molecular complexity index is 353. The Morgan fingerprint density at radius 3 is 2.17 bits per heavy atom. The van der Waals surface area contributed by atoms with Gasteiger partial charge in [-0.15, -0.1) is 0 Å². The first-order valence-electron chi connectivity index (χ1n) is 7.37. The van der Waals surface area contributed by atoms with E-state index in [4.69, 9.17) is 0 Å². The second kappa shape index (κ2) is 3.98. The molecule has 2 aliphatic carbocycles. The van der Waals surface area contributed by atoms with Crippen molar-refractivity contribution in [1.29, 1.82) is 0 Å². The zero-order valence-corrected chi connectivity index (χ0v) is 12.9. The second-order valence-corrected chi connectivity index (χ2v) is 8.42. The summed E-state index contributed by atoms with van der Waals surface area (Å²) in [6, 6.07) is 0. The molecule has 2 heteroatoms.